The number of hydrogen-bond donors (Lipinski definition) is 2. The third-order valence-electron chi connectivity index (χ3n) is 4.86. The highest BCUT2D eigenvalue weighted by atomic mass is 32.2. The average molecular weight is 422 g/mol. The molecule has 0 radical (unpaired) electrons. The molecule has 0 saturated carbocycles. The Morgan fingerprint density at radius 2 is 2.00 bits per heavy atom. The standard InChI is InChI=1S/C20H31N5O3S/c1-5-7-8-16(6-2)19(21-3)20(26)23-18-10-9-17(15-22-18)24-11-13-25(14-12-24)29(4,27)28/h6,8-10,15,19,21H,2,5,7,11-14H2,1,3-4H3,(H,22,23,26)/b16-8+. The second-order valence-corrected chi connectivity index (χ2v) is 8.94. The number of carbonyl (C=O) groups excluding carboxylic acids is 1. The van der Waals surface area contributed by atoms with Crippen LogP contribution in [0.4, 0.5) is 11.5 Å². The van der Waals surface area contributed by atoms with Gasteiger partial charge in [-0.3, -0.25) is 4.79 Å². The minimum atomic E-state index is -3.15. The van der Waals surface area contributed by atoms with Gasteiger partial charge in [0.25, 0.3) is 0 Å². The molecule has 1 atom stereocenters. The van der Waals surface area contributed by atoms with E-state index in [1.165, 1.54) is 10.6 Å². The van der Waals surface area contributed by atoms with Crippen LogP contribution in [-0.2, 0) is 14.8 Å². The molecule has 9 heteroatoms. The van der Waals surface area contributed by atoms with Gasteiger partial charge in [-0.2, -0.15) is 4.31 Å². The molecule has 0 aromatic carbocycles. The van der Waals surface area contributed by atoms with Crippen molar-refractivity contribution >= 4 is 27.4 Å². The Hall–Kier alpha value is -2.23. The summed E-state index contributed by atoms with van der Waals surface area (Å²) in [5, 5.41) is 5.85. The fourth-order valence-electron chi connectivity index (χ4n) is 3.20. The minimum absolute atomic E-state index is 0.197. The number of pyridine rings is 1. The van der Waals surface area contributed by atoms with Crippen LogP contribution in [0.15, 0.2) is 42.6 Å². The number of aromatic nitrogens is 1. The maximum atomic E-state index is 12.6. The lowest BCUT2D eigenvalue weighted by Gasteiger charge is -2.34. The zero-order valence-electron chi connectivity index (χ0n) is 17.4. The lowest BCUT2D eigenvalue weighted by molar-refractivity contribution is -0.117. The van der Waals surface area contributed by atoms with E-state index in [-0.39, 0.29) is 5.91 Å². The van der Waals surface area contributed by atoms with Crippen LogP contribution in [0.25, 0.3) is 0 Å². The van der Waals surface area contributed by atoms with Crippen molar-refractivity contribution in [2.75, 3.05) is 49.7 Å². The van der Waals surface area contributed by atoms with E-state index in [0.29, 0.717) is 32.0 Å². The van der Waals surface area contributed by atoms with E-state index in [9.17, 15) is 13.2 Å². The second kappa shape index (κ2) is 10.5. The fraction of sp³-hybridized carbons (Fsp3) is 0.500. The summed E-state index contributed by atoms with van der Waals surface area (Å²) in [6.45, 7) is 8.00. The highest BCUT2D eigenvalue weighted by Gasteiger charge is 2.24. The van der Waals surface area contributed by atoms with Crippen molar-refractivity contribution in [3.8, 4) is 0 Å². The third-order valence-corrected chi connectivity index (χ3v) is 6.16. The summed E-state index contributed by atoms with van der Waals surface area (Å²) in [4.78, 5) is 19.1. The third kappa shape index (κ3) is 6.38. The van der Waals surface area contributed by atoms with Gasteiger partial charge in [0.2, 0.25) is 15.9 Å². The lowest BCUT2D eigenvalue weighted by atomic mass is 10.0. The minimum Gasteiger partial charge on any atom is -0.368 e. The molecule has 0 spiro atoms. The number of anilines is 2. The van der Waals surface area contributed by atoms with E-state index in [4.69, 9.17) is 0 Å². The summed E-state index contributed by atoms with van der Waals surface area (Å²) in [7, 11) is -1.42. The Labute approximate surface area is 173 Å². The molecular formula is C20H31N5O3S. The Morgan fingerprint density at radius 3 is 2.48 bits per heavy atom. The van der Waals surface area contributed by atoms with Crippen LogP contribution in [0.1, 0.15) is 19.8 Å². The molecule has 1 unspecified atom stereocenters. The number of carbonyl (C=O) groups is 1. The zero-order valence-corrected chi connectivity index (χ0v) is 18.2. The molecule has 2 N–H and O–H groups in total. The summed E-state index contributed by atoms with van der Waals surface area (Å²) in [6.07, 6.45) is 8.52. The van der Waals surface area contributed by atoms with Crippen molar-refractivity contribution in [1.29, 1.82) is 0 Å². The highest BCUT2D eigenvalue weighted by molar-refractivity contribution is 7.88. The van der Waals surface area contributed by atoms with E-state index in [2.05, 4.69) is 34.0 Å². The molecular weight excluding hydrogens is 390 g/mol. The number of allylic oxidation sites excluding steroid dienone is 1. The van der Waals surface area contributed by atoms with E-state index < -0.39 is 16.1 Å². The zero-order chi connectivity index (χ0) is 21.4. The normalized spacial score (nSPS) is 17.1. The highest BCUT2D eigenvalue weighted by Crippen LogP contribution is 2.18. The summed E-state index contributed by atoms with van der Waals surface area (Å²) >= 11 is 0. The Balaban J connectivity index is 1.99. The van der Waals surface area contributed by atoms with Crippen molar-refractivity contribution in [2.45, 2.75) is 25.8 Å². The Morgan fingerprint density at radius 1 is 1.31 bits per heavy atom. The Kier molecular flexibility index (Phi) is 8.36. The fourth-order valence-corrected chi connectivity index (χ4v) is 4.03. The second-order valence-electron chi connectivity index (χ2n) is 6.96. The molecule has 1 saturated heterocycles. The van der Waals surface area contributed by atoms with E-state index >= 15 is 0 Å². The molecule has 1 aliphatic rings. The number of hydrogen-bond acceptors (Lipinski definition) is 6. The van der Waals surface area contributed by atoms with E-state index in [1.807, 2.05) is 12.1 Å². The van der Waals surface area contributed by atoms with Crippen molar-refractivity contribution in [3.63, 3.8) is 0 Å². The van der Waals surface area contributed by atoms with Crippen molar-refractivity contribution in [3.05, 3.63) is 42.6 Å². The summed E-state index contributed by atoms with van der Waals surface area (Å²) < 4.78 is 24.7. The lowest BCUT2D eigenvalue weighted by Crippen LogP contribution is -2.48. The van der Waals surface area contributed by atoms with Crippen LogP contribution in [0.5, 0.6) is 0 Å². The van der Waals surface area contributed by atoms with E-state index in [1.54, 1.807) is 25.4 Å². The number of nitrogens with one attached hydrogen (secondary N) is 2. The molecule has 1 aliphatic heterocycles. The largest absolute Gasteiger partial charge is 0.368 e. The first-order valence-corrected chi connectivity index (χ1v) is 11.6. The van der Waals surface area contributed by atoms with Crippen LogP contribution >= 0.6 is 0 Å². The monoisotopic (exact) mass is 421 g/mol. The van der Waals surface area contributed by atoms with Gasteiger partial charge in [0.15, 0.2) is 0 Å². The van der Waals surface area contributed by atoms with Crippen LogP contribution < -0.4 is 15.5 Å². The molecule has 1 amide bonds. The molecule has 1 aromatic heterocycles. The van der Waals surface area contributed by atoms with Gasteiger partial charge in [0, 0.05) is 26.2 Å². The average Bonchev–Trinajstić information content (AvgIpc) is 2.71. The van der Waals surface area contributed by atoms with Gasteiger partial charge in [-0.25, -0.2) is 13.4 Å². The first-order valence-electron chi connectivity index (χ1n) is 9.76. The summed E-state index contributed by atoms with van der Waals surface area (Å²) in [5.41, 5.74) is 1.74. The maximum Gasteiger partial charge on any atom is 0.247 e. The first kappa shape index (κ1) is 23.1. The predicted molar refractivity (Wildman–Crippen MR) is 118 cm³/mol. The smallest absolute Gasteiger partial charge is 0.247 e. The van der Waals surface area contributed by atoms with Crippen LogP contribution in [0.3, 0.4) is 0 Å². The van der Waals surface area contributed by atoms with Gasteiger partial charge in [-0.1, -0.05) is 32.1 Å². The number of nitrogens with zero attached hydrogens (tertiary/aromatic N) is 3. The van der Waals surface area contributed by atoms with E-state index in [0.717, 1.165) is 24.1 Å². The van der Waals surface area contributed by atoms with Gasteiger partial charge in [-0.05, 0) is 31.2 Å². The molecule has 0 bridgehead atoms. The number of likely N-dealkylation sites (N-methyl/N-ethyl adjacent to an activating group) is 1. The van der Waals surface area contributed by atoms with Crippen LogP contribution in [0, 0.1) is 0 Å². The van der Waals surface area contributed by atoms with Crippen molar-refractivity contribution in [1.82, 2.24) is 14.6 Å². The quantitative estimate of drug-likeness (QED) is 0.588. The SMILES string of the molecule is C=C/C(=C\CCC)C(NC)C(=O)Nc1ccc(N2CCN(S(C)(=O)=O)CC2)cn1. The molecule has 8 nitrogen and oxygen atoms in total. The number of unbranched alkanes of at least 4 members (excludes halogenated alkanes) is 1. The number of piperazine rings is 1. The van der Waals surface area contributed by atoms with Crippen LogP contribution in [0.2, 0.25) is 0 Å². The molecule has 0 aliphatic carbocycles. The molecule has 1 aromatic rings. The Bertz CT molecular complexity index is 828. The first-order chi connectivity index (χ1) is 13.8. The molecule has 2 rings (SSSR count). The summed E-state index contributed by atoms with van der Waals surface area (Å²) in [5.74, 6) is 0.268. The van der Waals surface area contributed by atoms with Gasteiger partial charge < -0.3 is 15.5 Å². The van der Waals surface area contributed by atoms with Gasteiger partial charge in [0.05, 0.1) is 18.1 Å². The number of amides is 1. The maximum absolute atomic E-state index is 12.6. The van der Waals surface area contributed by atoms with Crippen LogP contribution in [-0.4, -0.2) is 69.1 Å². The predicted octanol–water partition coefficient (Wildman–Crippen LogP) is 1.60. The summed E-state index contributed by atoms with van der Waals surface area (Å²) in [6, 6.07) is 3.14. The van der Waals surface area contributed by atoms with Gasteiger partial charge >= 0.3 is 0 Å². The number of rotatable bonds is 9. The molecule has 1 fully saturated rings. The van der Waals surface area contributed by atoms with Gasteiger partial charge in [0.1, 0.15) is 11.9 Å². The number of sulfonamides is 1. The molecule has 29 heavy (non-hydrogen) atoms. The molecule has 2 heterocycles. The topological polar surface area (TPSA) is 94.6 Å². The van der Waals surface area contributed by atoms with Crippen molar-refractivity contribution in [2.24, 2.45) is 0 Å². The van der Waals surface area contributed by atoms with Crippen molar-refractivity contribution < 1.29 is 13.2 Å². The molecule has 160 valence electrons. The van der Waals surface area contributed by atoms with Gasteiger partial charge in [-0.15, -0.1) is 0 Å².